The van der Waals surface area contributed by atoms with Gasteiger partial charge in [-0.15, -0.1) is 0 Å². The van der Waals surface area contributed by atoms with Crippen LogP contribution >= 0.6 is 0 Å². The minimum Gasteiger partial charge on any atom is -0.379 e. The Kier molecular flexibility index (Phi) is 11.9. The first-order chi connectivity index (χ1) is 27.5. The van der Waals surface area contributed by atoms with Crippen LogP contribution in [0, 0.1) is 41.5 Å². The SMILES string of the molecule is Cc1cc(C)c(S(=O)(=O)Oc2cccc(NC(=O)Nc3ccc(-c4ccc(NC(=O)Nc5cccc(OS(=O)(=O)c6c(C)cc(C)cc6C)c5)cc4)cc3)c2)c(C)c1. The number of hydrogen-bond donors (Lipinski definition) is 4. The van der Waals surface area contributed by atoms with Gasteiger partial charge < -0.3 is 29.6 Å². The lowest BCUT2D eigenvalue weighted by atomic mass is 10.1. The molecule has 0 heterocycles. The van der Waals surface area contributed by atoms with Gasteiger partial charge in [0.15, 0.2) is 0 Å². The van der Waals surface area contributed by atoms with E-state index in [1.807, 2.05) is 38.1 Å². The van der Waals surface area contributed by atoms with Gasteiger partial charge in [0.2, 0.25) is 0 Å². The first kappa shape index (κ1) is 41.0. The Labute approximate surface area is 338 Å². The lowest BCUT2D eigenvalue weighted by molar-refractivity contribution is 0.261. The standard InChI is InChI=1S/C44H42N4O8S2/c1-27-21-29(3)41(30(4)22-27)57(51,52)55-39-11-7-9-37(25-39)47-43(49)45-35-17-13-33(14-18-35)34-15-19-36(20-16-34)46-44(50)48-38-10-8-12-40(26-38)56-58(53,54)42-31(5)23-28(2)24-32(42)6/h7-26H,1-6H3,(H2,45,47,49)(H2,46,48,50). The molecule has 0 atom stereocenters. The molecule has 12 nitrogen and oxygen atoms in total. The molecule has 4 N–H and O–H groups in total. The molecular weight excluding hydrogens is 777 g/mol. The van der Waals surface area contributed by atoms with Crippen molar-refractivity contribution < 1.29 is 34.8 Å². The molecule has 6 aromatic rings. The lowest BCUT2D eigenvalue weighted by Gasteiger charge is -2.14. The second-order valence-electron chi connectivity index (χ2n) is 13.9. The van der Waals surface area contributed by atoms with Crippen LogP contribution in [0.2, 0.25) is 0 Å². The molecule has 6 rings (SSSR count). The van der Waals surface area contributed by atoms with Gasteiger partial charge in [-0.1, -0.05) is 71.8 Å². The quantitative estimate of drug-likeness (QED) is 0.0937. The highest BCUT2D eigenvalue weighted by molar-refractivity contribution is 7.87. The van der Waals surface area contributed by atoms with E-state index in [4.69, 9.17) is 8.37 Å². The number of benzene rings is 6. The third kappa shape index (κ3) is 10.0. The third-order valence-corrected chi connectivity index (χ3v) is 12.0. The van der Waals surface area contributed by atoms with Crippen LogP contribution in [-0.2, 0) is 20.2 Å². The summed E-state index contributed by atoms with van der Waals surface area (Å²) in [7, 11) is -8.23. The number of rotatable bonds is 11. The number of nitrogens with one attached hydrogen (secondary N) is 4. The first-order valence-electron chi connectivity index (χ1n) is 18.1. The van der Waals surface area contributed by atoms with Crippen LogP contribution in [0.5, 0.6) is 11.5 Å². The van der Waals surface area contributed by atoms with Crippen molar-refractivity contribution in [2.24, 2.45) is 0 Å². The van der Waals surface area contributed by atoms with Gasteiger partial charge in [0, 0.05) is 34.9 Å². The van der Waals surface area contributed by atoms with E-state index in [1.165, 1.54) is 24.3 Å². The maximum atomic E-state index is 13.1. The number of carbonyl (C=O) groups excluding carboxylic acids is 2. The van der Waals surface area contributed by atoms with E-state index >= 15 is 0 Å². The molecule has 0 saturated heterocycles. The van der Waals surface area contributed by atoms with Gasteiger partial charge in [0.05, 0.1) is 0 Å². The minimum atomic E-state index is -4.12. The van der Waals surface area contributed by atoms with Crippen LogP contribution in [0.15, 0.2) is 131 Å². The number of amides is 4. The van der Waals surface area contributed by atoms with E-state index in [1.54, 1.807) is 100 Å². The van der Waals surface area contributed by atoms with Crippen LogP contribution in [0.25, 0.3) is 11.1 Å². The Hall–Kier alpha value is -6.64. The van der Waals surface area contributed by atoms with Crippen molar-refractivity contribution in [3.63, 3.8) is 0 Å². The fourth-order valence-corrected chi connectivity index (χ4v) is 9.48. The van der Waals surface area contributed by atoms with Crippen LogP contribution < -0.4 is 29.6 Å². The number of urea groups is 2. The van der Waals surface area contributed by atoms with Crippen molar-refractivity contribution in [3.05, 3.63) is 155 Å². The summed E-state index contributed by atoms with van der Waals surface area (Å²) in [6.07, 6.45) is 0. The minimum absolute atomic E-state index is 0.0538. The zero-order valence-corrected chi connectivity index (χ0v) is 34.3. The molecule has 0 aromatic heterocycles. The Bertz CT molecular complexity index is 2520. The molecule has 4 amide bonds. The zero-order valence-electron chi connectivity index (χ0n) is 32.6. The van der Waals surface area contributed by atoms with Crippen LogP contribution in [0.1, 0.15) is 33.4 Å². The molecule has 0 aliphatic rings. The van der Waals surface area contributed by atoms with Gasteiger partial charge in [0.1, 0.15) is 21.3 Å². The number of hydrogen-bond acceptors (Lipinski definition) is 8. The second-order valence-corrected chi connectivity index (χ2v) is 16.9. The first-order valence-corrected chi connectivity index (χ1v) is 20.9. The number of aryl methyl sites for hydroxylation is 6. The summed E-state index contributed by atoms with van der Waals surface area (Å²) in [5, 5.41) is 10.9. The topological polar surface area (TPSA) is 169 Å². The molecule has 0 aliphatic heterocycles. The molecule has 0 saturated carbocycles. The molecule has 6 aromatic carbocycles. The highest BCUT2D eigenvalue weighted by Crippen LogP contribution is 2.29. The van der Waals surface area contributed by atoms with Crippen LogP contribution in [0.3, 0.4) is 0 Å². The summed E-state index contributed by atoms with van der Waals surface area (Å²) < 4.78 is 63.3. The van der Waals surface area contributed by atoms with Gasteiger partial charge in [-0.25, -0.2) is 9.59 Å². The van der Waals surface area contributed by atoms with Crippen molar-refractivity contribution in [1.29, 1.82) is 0 Å². The van der Waals surface area contributed by atoms with Gasteiger partial charge in [-0.05, 0) is 123 Å². The summed E-state index contributed by atoms with van der Waals surface area (Å²) >= 11 is 0. The largest absolute Gasteiger partial charge is 0.379 e. The van der Waals surface area contributed by atoms with E-state index in [-0.39, 0.29) is 21.3 Å². The molecule has 58 heavy (non-hydrogen) atoms. The summed E-state index contributed by atoms with van der Waals surface area (Å²) in [5.74, 6) is 0.108. The Morgan fingerprint density at radius 2 is 0.724 bits per heavy atom. The van der Waals surface area contributed by atoms with Gasteiger partial charge in [-0.2, -0.15) is 16.8 Å². The summed E-state index contributed by atoms with van der Waals surface area (Å²) in [6.45, 7) is 10.7. The molecule has 0 aliphatic carbocycles. The zero-order chi connectivity index (χ0) is 41.8. The smallest absolute Gasteiger partial charge is 0.339 e. The molecule has 14 heteroatoms. The van der Waals surface area contributed by atoms with Crippen molar-refractivity contribution in [1.82, 2.24) is 0 Å². The van der Waals surface area contributed by atoms with E-state index in [9.17, 15) is 26.4 Å². The summed E-state index contributed by atoms with van der Waals surface area (Å²) in [5.41, 5.74) is 7.64. The van der Waals surface area contributed by atoms with E-state index in [0.29, 0.717) is 45.0 Å². The third-order valence-electron chi connectivity index (χ3n) is 8.92. The van der Waals surface area contributed by atoms with Gasteiger partial charge >= 0.3 is 32.3 Å². The van der Waals surface area contributed by atoms with E-state index < -0.39 is 32.3 Å². The maximum absolute atomic E-state index is 13.1. The second kappa shape index (κ2) is 16.8. The predicted octanol–water partition coefficient (Wildman–Crippen LogP) is 10.0. The number of anilines is 4. The van der Waals surface area contributed by atoms with Crippen molar-refractivity contribution >= 4 is 55.0 Å². The summed E-state index contributed by atoms with van der Waals surface area (Å²) in [6, 6.07) is 32.6. The highest BCUT2D eigenvalue weighted by Gasteiger charge is 2.24. The molecule has 0 bridgehead atoms. The Balaban J connectivity index is 1.01. The predicted molar refractivity (Wildman–Crippen MR) is 227 cm³/mol. The Morgan fingerprint density at radius 3 is 1.05 bits per heavy atom. The fourth-order valence-electron chi connectivity index (χ4n) is 6.79. The van der Waals surface area contributed by atoms with Gasteiger partial charge in [0.25, 0.3) is 0 Å². The maximum Gasteiger partial charge on any atom is 0.339 e. The molecule has 0 spiro atoms. The van der Waals surface area contributed by atoms with Crippen molar-refractivity contribution in [2.75, 3.05) is 21.3 Å². The normalized spacial score (nSPS) is 11.3. The average Bonchev–Trinajstić information content (AvgIpc) is 3.11. The highest BCUT2D eigenvalue weighted by atomic mass is 32.2. The van der Waals surface area contributed by atoms with E-state index in [2.05, 4.69) is 21.3 Å². The molecular formula is C44H42N4O8S2. The summed E-state index contributed by atoms with van der Waals surface area (Å²) in [4.78, 5) is 25.9. The van der Waals surface area contributed by atoms with Crippen molar-refractivity contribution in [2.45, 2.75) is 51.3 Å². The van der Waals surface area contributed by atoms with Crippen LogP contribution in [0.4, 0.5) is 32.3 Å². The number of carbonyl (C=O) groups is 2. The molecule has 298 valence electrons. The van der Waals surface area contributed by atoms with Crippen LogP contribution in [-0.4, -0.2) is 28.9 Å². The van der Waals surface area contributed by atoms with Gasteiger partial charge in [-0.3, -0.25) is 0 Å². The van der Waals surface area contributed by atoms with E-state index in [0.717, 1.165) is 22.3 Å². The van der Waals surface area contributed by atoms with Crippen molar-refractivity contribution in [3.8, 4) is 22.6 Å². The molecule has 0 fully saturated rings. The molecule has 0 radical (unpaired) electrons. The molecule has 0 unspecified atom stereocenters. The fraction of sp³-hybridized carbons (Fsp3) is 0.136. The Morgan fingerprint density at radius 1 is 0.414 bits per heavy atom. The average molecular weight is 819 g/mol. The lowest BCUT2D eigenvalue weighted by Crippen LogP contribution is -2.19. The monoisotopic (exact) mass is 818 g/mol.